The molecule has 0 saturated heterocycles. The number of hydrogen-bond acceptors (Lipinski definition) is 10. The van der Waals surface area contributed by atoms with Crippen molar-refractivity contribution in [3.63, 3.8) is 0 Å². The van der Waals surface area contributed by atoms with Crippen LogP contribution in [0.15, 0.2) is 39.4 Å². The maximum Gasteiger partial charge on any atom is 0.319 e. The number of ether oxygens (including phenoxy) is 1. The fraction of sp³-hybridized carbons (Fsp3) is 0.304. The molecule has 1 amide bonds. The second-order valence-corrected chi connectivity index (χ2v) is 9.33. The Balaban J connectivity index is 2.70. The summed E-state index contributed by atoms with van der Waals surface area (Å²) in [5.41, 5.74) is 0.354. The molecular formula is C23H24N6O6S. The van der Waals surface area contributed by atoms with Crippen molar-refractivity contribution in [3.05, 3.63) is 35.4 Å². The van der Waals surface area contributed by atoms with Gasteiger partial charge in [0, 0.05) is 26.1 Å². The molecule has 0 aliphatic rings. The van der Waals surface area contributed by atoms with E-state index in [4.69, 9.17) is 9.84 Å². The van der Waals surface area contributed by atoms with E-state index in [0.29, 0.717) is 30.2 Å². The van der Waals surface area contributed by atoms with Crippen LogP contribution in [0.1, 0.15) is 31.9 Å². The first kappa shape index (κ1) is 27.8. The monoisotopic (exact) mass is 512 g/mol. The van der Waals surface area contributed by atoms with Gasteiger partial charge in [0.25, 0.3) is 0 Å². The third-order valence-corrected chi connectivity index (χ3v) is 6.55. The van der Waals surface area contributed by atoms with Crippen LogP contribution >= 0.6 is 0 Å². The molecule has 0 saturated carbocycles. The topological polar surface area (TPSA) is 185 Å². The number of anilines is 2. The highest BCUT2D eigenvalue weighted by atomic mass is 32.2. The van der Waals surface area contributed by atoms with E-state index in [0.717, 1.165) is 12.1 Å². The maximum absolute atomic E-state index is 12.3. The summed E-state index contributed by atoms with van der Waals surface area (Å²) in [6.07, 6.45) is 0. The number of aliphatic carboxylic acids is 1. The Morgan fingerprint density at radius 2 is 1.67 bits per heavy atom. The number of sulfone groups is 1. The number of methoxy groups -OCH3 is 1. The van der Waals surface area contributed by atoms with Crippen molar-refractivity contribution >= 4 is 44.5 Å². The number of azo groups is 1. The quantitative estimate of drug-likeness (QED) is 0.449. The molecular weight excluding hydrogens is 488 g/mol. The largest absolute Gasteiger partial charge is 0.494 e. The van der Waals surface area contributed by atoms with E-state index in [9.17, 15) is 28.5 Å². The van der Waals surface area contributed by atoms with Crippen LogP contribution in [-0.4, -0.2) is 51.4 Å². The summed E-state index contributed by atoms with van der Waals surface area (Å²) in [7, 11) is -2.83. The number of amides is 1. The molecule has 12 nitrogen and oxygen atoms in total. The van der Waals surface area contributed by atoms with E-state index in [-0.39, 0.29) is 28.4 Å². The Labute approximate surface area is 208 Å². The number of nitriles is 2. The third kappa shape index (κ3) is 6.34. The lowest BCUT2D eigenvalue weighted by atomic mass is 10.1. The van der Waals surface area contributed by atoms with Gasteiger partial charge in [0.15, 0.2) is 15.6 Å². The SMILES string of the molecule is CCN(CC)c1cc(NC(C)=O)c(N=Nc2c(C#N)cc(S(=O)(=O)CC(=O)O)cc2C#N)cc1OC. The van der Waals surface area contributed by atoms with Gasteiger partial charge in [-0.3, -0.25) is 9.59 Å². The van der Waals surface area contributed by atoms with E-state index < -0.39 is 26.5 Å². The lowest BCUT2D eigenvalue weighted by Gasteiger charge is -2.24. The van der Waals surface area contributed by atoms with Crippen molar-refractivity contribution in [2.45, 2.75) is 25.7 Å². The average molecular weight is 513 g/mol. The Bertz CT molecular complexity index is 1370. The van der Waals surface area contributed by atoms with Gasteiger partial charge in [-0.15, -0.1) is 10.2 Å². The minimum atomic E-state index is -4.30. The highest BCUT2D eigenvalue weighted by Gasteiger charge is 2.23. The van der Waals surface area contributed by atoms with Crippen LogP contribution < -0.4 is 15.0 Å². The second kappa shape index (κ2) is 11.8. The Kier molecular flexibility index (Phi) is 9.07. The maximum atomic E-state index is 12.3. The second-order valence-electron chi connectivity index (χ2n) is 7.34. The van der Waals surface area contributed by atoms with Crippen LogP contribution in [0.4, 0.5) is 22.7 Å². The van der Waals surface area contributed by atoms with Crippen molar-refractivity contribution < 1.29 is 27.9 Å². The van der Waals surface area contributed by atoms with Crippen molar-refractivity contribution in [1.82, 2.24) is 0 Å². The van der Waals surface area contributed by atoms with Crippen LogP contribution in [0.2, 0.25) is 0 Å². The number of carbonyl (C=O) groups is 2. The fourth-order valence-corrected chi connectivity index (χ4v) is 4.41. The summed E-state index contributed by atoms with van der Waals surface area (Å²) in [5, 5.41) is 38.8. The summed E-state index contributed by atoms with van der Waals surface area (Å²) in [6.45, 7) is 6.58. The number of nitrogens with one attached hydrogen (secondary N) is 1. The molecule has 2 rings (SSSR count). The number of benzene rings is 2. The van der Waals surface area contributed by atoms with Crippen LogP contribution in [0.25, 0.3) is 0 Å². The summed E-state index contributed by atoms with van der Waals surface area (Å²) in [4.78, 5) is 24.2. The highest BCUT2D eigenvalue weighted by molar-refractivity contribution is 7.92. The van der Waals surface area contributed by atoms with Crippen LogP contribution in [0.5, 0.6) is 5.75 Å². The molecule has 0 spiro atoms. The van der Waals surface area contributed by atoms with Crippen molar-refractivity contribution in [1.29, 1.82) is 10.5 Å². The van der Waals surface area contributed by atoms with E-state index in [1.54, 1.807) is 18.2 Å². The molecule has 0 aliphatic heterocycles. The molecule has 2 N–H and O–H groups in total. The van der Waals surface area contributed by atoms with Gasteiger partial charge in [-0.25, -0.2) is 8.42 Å². The number of rotatable bonds is 10. The molecule has 2 aromatic rings. The standard InChI is InChI=1S/C23H24N6O6S/c1-5-29(6-2)20-9-18(26-14(3)30)19(10-21(20)35-4)27-28-23-15(11-24)7-17(8-16(23)12-25)36(33,34)13-22(31)32/h7-10H,5-6,13H2,1-4H3,(H,26,30)(H,31,32). The molecule has 0 bridgehead atoms. The lowest BCUT2D eigenvalue weighted by molar-refractivity contribution is -0.134. The smallest absolute Gasteiger partial charge is 0.319 e. The number of nitrogens with zero attached hydrogens (tertiary/aromatic N) is 5. The van der Waals surface area contributed by atoms with Crippen molar-refractivity contribution in [2.24, 2.45) is 10.2 Å². The Morgan fingerprint density at radius 3 is 2.11 bits per heavy atom. The summed E-state index contributed by atoms with van der Waals surface area (Å²) in [6, 6.07) is 8.60. The first-order valence-electron chi connectivity index (χ1n) is 10.6. The van der Waals surface area contributed by atoms with Gasteiger partial charge in [-0.05, 0) is 32.0 Å². The van der Waals surface area contributed by atoms with Crippen LogP contribution in [0, 0.1) is 22.7 Å². The highest BCUT2D eigenvalue weighted by Crippen LogP contribution is 2.40. The minimum absolute atomic E-state index is 0.160. The summed E-state index contributed by atoms with van der Waals surface area (Å²) >= 11 is 0. The molecule has 36 heavy (non-hydrogen) atoms. The van der Waals surface area contributed by atoms with E-state index in [1.807, 2.05) is 18.7 Å². The van der Waals surface area contributed by atoms with E-state index >= 15 is 0 Å². The normalized spacial score (nSPS) is 10.9. The molecule has 188 valence electrons. The van der Waals surface area contributed by atoms with Crippen molar-refractivity contribution in [2.75, 3.05) is 36.2 Å². The predicted molar refractivity (Wildman–Crippen MR) is 131 cm³/mol. The molecule has 0 aromatic heterocycles. The van der Waals surface area contributed by atoms with E-state index in [1.165, 1.54) is 20.1 Å². The van der Waals surface area contributed by atoms with Crippen molar-refractivity contribution in [3.8, 4) is 17.9 Å². The molecule has 0 fully saturated rings. The molecule has 2 aromatic carbocycles. The van der Waals surface area contributed by atoms with Gasteiger partial charge in [0.1, 0.15) is 29.3 Å². The van der Waals surface area contributed by atoms with Gasteiger partial charge in [0.05, 0.1) is 34.5 Å². The van der Waals surface area contributed by atoms with Gasteiger partial charge in [-0.2, -0.15) is 10.5 Å². The predicted octanol–water partition coefficient (Wildman–Crippen LogP) is 3.52. The van der Waals surface area contributed by atoms with Gasteiger partial charge in [-0.1, -0.05) is 0 Å². The summed E-state index contributed by atoms with van der Waals surface area (Å²) in [5.74, 6) is -2.71. The molecule has 13 heteroatoms. The molecule has 0 aliphatic carbocycles. The number of carboxylic acid groups (broad SMARTS) is 1. The first-order valence-corrected chi connectivity index (χ1v) is 12.3. The number of hydrogen-bond donors (Lipinski definition) is 2. The van der Waals surface area contributed by atoms with Gasteiger partial charge in [0.2, 0.25) is 5.91 Å². The zero-order valence-electron chi connectivity index (χ0n) is 20.1. The summed E-state index contributed by atoms with van der Waals surface area (Å²) < 4.78 is 30.1. The van der Waals surface area contributed by atoms with E-state index in [2.05, 4.69) is 15.5 Å². The average Bonchev–Trinajstić information content (AvgIpc) is 2.82. The van der Waals surface area contributed by atoms with Crippen LogP contribution in [0.3, 0.4) is 0 Å². The molecule has 0 unspecified atom stereocenters. The number of carboxylic acids is 1. The first-order chi connectivity index (χ1) is 17.0. The van der Waals surface area contributed by atoms with Gasteiger partial charge >= 0.3 is 5.97 Å². The zero-order valence-corrected chi connectivity index (χ0v) is 20.9. The zero-order chi connectivity index (χ0) is 27.0. The lowest BCUT2D eigenvalue weighted by Crippen LogP contribution is -2.22. The molecule has 0 heterocycles. The Hall–Kier alpha value is -4.49. The fourth-order valence-electron chi connectivity index (χ4n) is 3.32. The van der Waals surface area contributed by atoms with Crippen LogP contribution in [-0.2, 0) is 19.4 Å². The minimum Gasteiger partial charge on any atom is -0.494 e. The Morgan fingerprint density at radius 1 is 1.08 bits per heavy atom. The third-order valence-electron chi connectivity index (χ3n) is 4.97. The number of carbonyl (C=O) groups excluding carboxylic acids is 1. The van der Waals surface area contributed by atoms with Gasteiger partial charge < -0.3 is 20.1 Å². The molecule has 0 radical (unpaired) electrons. The molecule has 0 atom stereocenters.